The van der Waals surface area contributed by atoms with Crippen LogP contribution in [0.5, 0.6) is 0 Å². The minimum absolute atomic E-state index is 0.0833. The second-order valence-electron chi connectivity index (χ2n) is 2.55. The molecular weight excluding hydrogens is 178 g/mol. The van der Waals surface area contributed by atoms with Crippen molar-refractivity contribution in [1.29, 1.82) is 0 Å². The molecule has 0 atom stereocenters. The number of hydrogen-bond acceptors (Lipinski definition) is 2. The van der Waals surface area contributed by atoms with E-state index in [1.807, 2.05) is 0 Å². The number of benzene rings is 1. The molecule has 0 aliphatic rings. The first-order valence-electron chi connectivity index (χ1n) is 3.60. The average Bonchev–Trinajstić information content (AvgIpc) is 2.10. The number of rotatable bonds is 1. The fraction of sp³-hybridized carbons (Fsp3) is 0.222. The highest BCUT2D eigenvalue weighted by Crippen LogP contribution is 2.15. The van der Waals surface area contributed by atoms with E-state index in [1.54, 1.807) is 0 Å². The molecule has 0 heterocycles. The Kier molecular flexibility index (Phi) is 2.60. The summed E-state index contributed by atoms with van der Waals surface area (Å²) < 4.78 is 29.9. The van der Waals surface area contributed by atoms with Gasteiger partial charge in [-0.1, -0.05) is 0 Å². The van der Waals surface area contributed by atoms with E-state index in [0.717, 1.165) is 19.2 Å². The van der Waals surface area contributed by atoms with Crippen LogP contribution in [0.3, 0.4) is 0 Å². The first-order chi connectivity index (χ1) is 6.06. The third-order valence-corrected chi connectivity index (χ3v) is 1.71. The highest BCUT2D eigenvalue weighted by molar-refractivity contribution is 5.90. The van der Waals surface area contributed by atoms with Crippen molar-refractivity contribution in [2.24, 2.45) is 0 Å². The van der Waals surface area contributed by atoms with Crippen molar-refractivity contribution < 1.29 is 18.3 Å². The Morgan fingerprint density at radius 3 is 2.54 bits per heavy atom. The number of esters is 1. The standard InChI is InChI=1S/C9H8F2O2/c1-5-7(9(12)13-2)3-6(10)4-8(5)11/h3-4H,1-2H3. The maximum atomic E-state index is 12.9. The van der Waals surface area contributed by atoms with Gasteiger partial charge in [-0.05, 0) is 18.6 Å². The van der Waals surface area contributed by atoms with E-state index < -0.39 is 17.6 Å². The summed E-state index contributed by atoms with van der Waals surface area (Å²) in [6.45, 7) is 1.39. The number of hydrogen-bond donors (Lipinski definition) is 0. The smallest absolute Gasteiger partial charge is 0.338 e. The Hall–Kier alpha value is -1.45. The van der Waals surface area contributed by atoms with Crippen LogP contribution >= 0.6 is 0 Å². The van der Waals surface area contributed by atoms with Crippen LogP contribution in [-0.2, 0) is 4.74 Å². The Morgan fingerprint density at radius 1 is 1.38 bits per heavy atom. The lowest BCUT2D eigenvalue weighted by Crippen LogP contribution is -2.06. The minimum atomic E-state index is -0.788. The number of methoxy groups -OCH3 is 1. The predicted molar refractivity (Wildman–Crippen MR) is 42.4 cm³/mol. The molecular formula is C9H8F2O2. The normalized spacial score (nSPS) is 9.85. The fourth-order valence-corrected chi connectivity index (χ4v) is 0.968. The lowest BCUT2D eigenvalue weighted by Gasteiger charge is -2.04. The van der Waals surface area contributed by atoms with E-state index in [4.69, 9.17) is 0 Å². The van der Waals surface area contributed by atoms with E-state index in [2.05, 4.69) is 4.74 Å². The lowest BCUT2D eigenvalue weighted by molar-refractivity contribution is 0.0598. The Balaban J connectivity index is 3.28. The SMILES string of the molecule is COC(=O)c1cc(F)cc(F)c1C. The molecule has 0 radical (unpaired) electrons. The maximum absolute atomic E-state index is 12.9. The van der Waals surface area contributed by atoms with E-state index in [0.29, 0.717) is 0 Å². The van der Waals surface area contributed by atoms with Crippen molar-refractivity contribution in [2.75, 3.05) is 7.11 Å². The van der Waals surface area contributed by atoms with Gasteiger partial charge in [-0.2, -0.15) is 0 Å². The minimum Gasteiger partial charge on any atom is -0.465 e. The van der Waals surface area contributed by atoms with Gasteiger partial charge < -0.3 is 4.74 Å². The van der Waals surface area contributed by atoms with Gasteiger partial charge in [0.1, 0.15) is 11.6 Å². The van der Waals surface area contributed by atoms with Crippen LogP contribution in [0.2, 0.25) is 0 Å². The van der Waals surface area contributed by atoms with E-state index in [1.165, 1.54) is 6.92 Å². The fourth-order valence-electron chi connectivity index (χ4n) is 0.968. The Labute approximate surface area is 74.1 Å². The largest absolute Gasteiger partial charge is 0.465 e. The molecule has 0 amide bonds. The van der Waals surface area contributed by atoms with Crippen LogP contribution < -0.4 is 0 Å². The molecule has 4 heteroatoms. The van der Waals surface area contributed by atoms with Gasteiger partial charge in [0.05, 0.1) is 12.7 Å². The average molecular weight is 186 g/mol. The third-order valence-electron chi connectivity index (χ3n) is 1.71. The van der Waals surface area contributed by atoms with E-state index in [-0.39, 0.29) is 11.1 Å². The third kappa shape index (κ3) is 1.83. The van der Waals surface area contributed by atoms with Gasteiger partial charge in [-0.3, -0.25) is 0 Å². The van der Waals surface area contributed by atoms with E-state index >= 15 is 0 Å². The van der Waals surface area contributed by atoms with Gasteiger partial charge in [0.25, 0.3) is 0 Å². The zero-order valence-corrected chi connectivity index (χ0v) is 7.23. The van der Waals surface area contributed by atoms with Crippen LogP contribution in [0.25, 0.3) is 0 Å². The quantitative estimate of drug-likeness (QED) is 0.627. The molecule has 0 aromatic heterocycles. The molecule has 0 aliphatic heterocycles. The highest BCUT2D eigenvalue weighted by atomic mass is 19.1. The van der Waals surface area contributed by atoms with Crippen molar-refractivity contribution in [3.05, 3.63) is 34.9 Å². The van der Waals surface area contributed by atoms with Gasteiger partial charge in [0.15, 0.2) is 0 Å². The Bertz CT molecular complexity index is 348. The van der Waals surface area contributed by atoms with Crippen molar-refractivity contribution in [3.63, 3.8) is 0 Å². The van der Waals surface area contributed by atoms with Crippen molar-refractivity contribution in [1.82, 2.24) is 0 Å². The van der Waals surface area contributed by atoms with Gasteiger partial charge in [0.2, 0.25) is 0 Å². The zero-order valence-electron chi connectivity index (χ0n) is 7.23. The molecule has 0 bridgehead atoms. The molecule has 1 aromatic rings. The summed E-state index contributed by atoms with van der Waals surface area (Å²) in [6.07, 6.45) is 0. The van der Waals surface area contributed by atoms with Crippen molar-refractivity contribution in [3.8, 4) is 0 Å². The monoisotopic (exact) mass is 186 g/mol. The molecule has 0 saturated heterocycles. The summed E-state index contributed by atoms with van der Waals surface area (Å²) in [7, 11) is 1.16. The highest BCUT2D eigenvalue weighted by Gasteiger charge is 2.13. The molecule has 0 aliphatic carbocycles. The van der Waals surface area contributed by atoms with Crippen LogP contribution in [0.4, 0.5) is 8.78 Å². The molecule has 13 heavy (non-hydrogen) atoms. The molecule has 0 unspecified atom stereocenters. The molecule has 0 spiro atoms. The van der Waals surface area contributed by atoms with Crippen LogP contribution in [-0.4, -0.2) is 13.1 Å². The molecule has 1 aromatic carbocycles. The summed E-state index contributed by atoms with van der Waals surface area (Å²) in [6, 6.07) is 1.67. The van der Waals surface area contributed by atoms with Crippen LogP contribution in [0.1, 0.15) is 15.9 Å². The first kappa shape index (κ1) is 9.64. The summed E-state index contributed by atoms with van der Waals surface area (Å²) in [4.78, 5) is 11.0. The molecule has 0 saturated carbocycles. The molecule has 0 fully saturated rings. The second-order valence-corrected chi connectivity index (χ2v) is 2.55. The predicted octanol–water partition coefficient (Wildman–Crippen LogP) is 2.06. The molecule has 70 valence electrons. The molecule has 0 N–H and O–H groups in total. The van der Waals surface area contributed by atoms with Gasteiger partial charge in [-0.15, -0.1) is 0 Å². The van der Waals surface area contributed by atoms with Gasteiger partial charge >= 0.3 is 5.97 Å². The summed E-state index contributed by atoms with van der Waals surface area (Å²) in [5.74, 6) is -2.28. The first-order valence-corrected chi connectivity index (χ1v) is 3.60. The Morgan fingerprint density at radius 2 is 2.00 bits per heavy atom. The topological polar surface area (TPSA) is 26.3 Å². The molecule has 2 nitrogen and oxygen atoms in total. The van der Waals surface area contributed by atoms with Gasteiger partial charge in [-0.25, -0.2) is 13.6 Å². The van der Waals surface area contributed by atoms with Crippen molar-refractivity contribution in [2.45, 2.75) is 6.92 Å². The molecule has 1 rings (SSSR count). The van der Waals surface area contributed by atoms with E-state index in [9.17, 15) is 13.6 Å². The summed E-state index contributed by atoms with van der Waals surface area (Å²) in [5, 5.41) is 0. The maximum Gasteiger partial charge on any atom is 0.338 e. The van der Waals surface area contributed by atoms with Crippen molar-refractivity contribution >= 4 is 5.97 Å². The summed E-state index contributed by atoms with van der Waals surface area (Å²) in [5.41, 5.74) is 0.00764. The van der Waals surface area contributed by atoms with Crippen LogP contribution in [0, 0.1) is 18.6 Å². The number of ether oxygens (including phenoxy) is 1. The number of halogens is 2. The zero-order chi connectivity index (χ0) is 10.0. The lowest BCUT2D eigenvalue weighted by atomic mass is 10.1. The number of carbonyl (C=O) groups excluding carboxylic acids is 1. The van der Waals surface area contributed by atoms with Crippen LogP contribution in [0.15, 0.2) is 12.1 Å². The second kappa shape index (κ2) is 3.51. The number of carbonyl (C=O) groups is 1. The van der Waals surface area contributed by atoms with Gasteiger partial charge in [0, 0.05) is 6.07 Å². The summed E-state index contributed by atoms with van der Waals surface area (Å²) >= 11 is 0.